The van der Waals surface area contributed by atoms with Crippen LogP contribution in [0.4, 0.5) is 0 Å². The van der Waals surface area contributed by atoms with Crippen molar-refractivity contribution >= 4 is 30.8 Å². The van der Waals surface area contributed by atoms with Gasteiger partial charge in [0.2, 0.25) is 0 Å². The van der Waals surface area contributed by atoms with Gasteiger partial charge >= 0.3 is 19.8 Å². The van der Waals surface area contributed by atoms with E-state index in [1.807, 2.05) is 0 Å². The third-order valence-electron chi connectivity index (χ3n) is 0. The second-order valence-corrected chi connectivity index (χ2v) is 0. The molecule has 0 atom stereocenters. The van der Waals surface area contributed by atoms with Crippen LogP contribution in [0.15, 0.2) is 0 Å². The normalized spacial score (nSPS) is 0. The maximum atomic E-state index is 0. The van der Waals surface area contributed by atoms with Crippen LogP contribution < -0.4 is 6.15 Å². The molecule has 0 unspecified atom stereocenters. The summed E-state index contributed by atoms with van der Waals surface area (Å²) in [5.41, 5.74) is 0. The minimum Gasteiger partial charge on any atom is -0.0149 e. The van der Waals surface area contributed by atoms with Gasteiger partial charge < -0.3 is 11.6 Å². The fourth-order valence-electron chi connectivity index (χ4n) is 0. The van der Waals surface area contributed by atoms with E-state index in [-0.39, 0.29) is 42.4 Å². The van der Waals surface area contributed by atoms with Crippen molar-refractivity contribution in [1.82, 2.24) is 6.15 Å². The SMILES string of the molecule is N.O.[GaH3].[SiH4]. The minimum absolute atomic E-state index is 0. The standard InChI is InChI=1S/Ga.H3N.H2O.H4Si.3H/h;1H3;1H2;1H4;;;. The van der Waals surface area contributed by atoms with E-state index in [0.717, 1.165) is 0 Å². The summed E-state index contributed by atoms with van der Waals surface area (Å²) in [5.74, 6) is 0. The smallest absolute Gasteiger partial charge is 0.0149 e. The van der Waals surface area contributed by atoms with E-state index in [9.17, 15) is 0 Å². The Labute approximate surface area is 42.9 Å². The molecule has 0 aromatic heterocycles. The van der Waals surface area contributed by atoms with Gasteiger partial charge in [-0.2, -0.15) is 0 Å². The third kappa shape index (κ3) is 14.6. The van der Waals surface area contributed by atoms with Crippen molar-refractivity contribution in [3.8, 4) is 0 Å². The molecule has 30 valence electrons. The van der Waals surface area contributed by atoms with Crippen molar-refractivity contribution < 1.29 is 5.48 Å². The largest absolute Gasteiger partial charge is 0.0149 e. The second kappa shape index (κ2) is 48.5. The van der Waals surface area contributed by atoms with E-state index in [4.69, 9.17) is 0 Å². The Morgan fingerprint density at radius 2 is 1.00 bits per heavy atom. The van der Waals surface area contributed by atoms with Crippen LogP contribution in [-0.4, -0.2) is 36.2 Å². The summed E-state index contributed by atoms with van der Waals surface area (Å²) in [6.07, 6.45) is 0. The van der Waals surface area contributed by atoms with Crippen LogP contribution in [0.3, 0.4) is 0 Å². The van der Waals surface area contributed by atoms with Crippen LogP contribution in [-0.2, 0) is 0 Å². The van der Waals surface area contributed by atoms with Crippen molar-refractivity contribution in [2.75, 3.05) is 0 Å². The Bertz CT molecular complexity index is 8.00. The van der Waals surface area contributed by atoms with Crippen LogP contribution >= 0.6 is 0 Å². The van der Waals surface area contributed by atoms with Gasteiger partial charge in [-0.1, -0.05) is 0 Å². The zero-order chi connectivity index (χ0) is 0. The van der Waals surface area contributed by atoms with Gasteiger partial charge in [0.15, 0.2) is 0 Å². The van der Waals surface area contributed by atoms with Gasteiger partial charge in [0, 0.05) is 0 Å². The molecule has 5 N–H and O–H groups in total. The van der Waals surface area contributed by atoms with E-state index >= 15 is 0 Å². The van der Waals surface area contributed by atoms with E-state index in [2.05, 4.69) is 0 Å². The van der Waals surface area contributed by atoms with Gasteiger partial charge in [0.1, 0.15) is 0 Å². The quantitative estimate of drug-likeness (QED) is 0.352. The summed E-state index contributed by atoms with van der Waals surface area (Å²) in [4.78, 5) is 0. The van der Waals surface area contributed by atoms with Crippen molar-refractivity contribution in [3.05, 3.63) is 0 Å². The predicted octanol–water partition coefficient (Wildman–Crippen LogP) is -3.30. The monoisotopic (exact) mass is 139 g/mol. The molecule has 0 aromatic carbocycles. The Kier molecular flexibility index (Phi) is 1380. The molecule has 0 aliphatic carbocycles. The van der Waals surface area contributed by atoms with Gasteiger partial charge in [-0.05, 0) is 11.0 Å². The molecule has 0 heterocycles. The average Bonchev–Trinajstić information content (AvgIpc) is 0. The summed E-state index contributed by atoms with van der Waals surface area (Å²) < 4.78 is 0. The Morgan fingerprint density at radius 1 is 1.00 bits per heavy atom. The Morgan fingerprint density at radius 3 is 1.00 bits per heavy atom. The molecular formula is H12GaNOSi. The molecule has 2 nitrogen and oxygen atoms in total. The maximum Gasteiger partial charge on any atom is -0.0149 e. The first-order valence-electron chi connectivity index (χ1n) is 0. The zero-order valence-electron chi connectivity index (χ0n) is 1.21. The van der Waals surface area contributed by atoms with Crippen LogP contribution in [0, 0.1) is 0 Å². The Hall–Kier alpha value is 0.773. The van der Waals surface area contributed by atoms with E-state index < -0.39 is 0 Å². The topological polar surface area (TPSA) is 66.5 Å². The van der Waals surface area contributed by atoms with Crippen molar-refractivity contribution in [2.45, 2.75) is 0 Å². The number of rotatable bonds is 0. The molecule has 0 radical (unpaired) electrons. The van der Waals surface area contributed by atoms with Crippen LogP contribution in [0.1, 0.15) is 0 Å². The van der Waals surface area contributed by atoms with Gasteiger partial charge in [-0.3, -0.25) is 0 Å². The molecule has 0 amide bonds. The van der Waals surface area contributed by atoms with E-state index in [1.165, 1.54) is 0 Å². The third-order valence-corrected chi connectivity index (χ3v) is 0. The molecule has 0 saturated heterocycles. The maximum absolute atomic E-state index is 0. The molecule has 4 heteroatoms. The Balaban J connectivity index is 0. The fourth-order valence-corrected chi connectivity index (χ4v) is 0. The summed E-state index contributed by atoms with van der Waals surface area (Å²) in [6, 6.07) is 0. The fraction of sp³-hybridized carbons (Fsp3) is 0. The second-order valence-electron chi connectivity index (χ2n) is 0. The number of hydrogen-bond donors (Lipinski definition) is 1. The van der Waals surface area contributed by atoms with Crippen molar-refractivity contribution in [2.24, 2.45) is 0 Å². The average molecular weight is 140 g/mol. The first-order chi connectivity index (χ1) is 0. The van der Waals surface area contributed by atoms with Crippen molar-refractivity contribution in [1.29, 1.82) is 0 Å². The van der Waals surface area contributed by atoms with Crippen LogP contribution in [0.25, 0.3) is 0 Å². The molecule has 0 rings (SSSR count). The van der Waals surface area contributed by atoms with Gasteiger partial charge in [0.25, 0.3) is 0 Å². The molecule has 0 spiro atoms. The molecule has 0 saturated carbocycles. The molecule has 0 aliphatic rings. The molecular weight excluding hydrogens is 128 g/mol. The van der Waals surface area contributed by atoms with E-state index in [1.54, 1.807) is 0 Å². The predicted molar refractivity (Wildman–Crippen MR) is 29.9 cm³/mol. The van der Waals surface area contributed by atoms with E-state index in [0.29, 0.717) is 0 Å². The summed E-state index contributed by atoms with van der Waals surface area (Å²) >= 11 is 0. The summed E-state index contributed by atoms with van der Waals surface area (Å²) in [7, 11) is 0. The van der Waals surface area contributed by atoms with Gasteiger partial charge in [-0.15, -0.1) is 0 Å². The van der Waals surface area contributed by atoms with Crippen LogP contribution in [0.5, 0.6) is 0 Å². The van der Waals surface area contributed by atoms with Crippen molar-refractivity contribution in [3.63, 3.8) is 0 Å². The molecule has 0 fully saturated rings. The first kappa shape index (κ1) is 114. The van der Waals surface area contributed by atoms with Crippen LogP contribution in [0.2, 0.25) is 0 Å². The number of hydrogen-bond acceptors (Lipinski definition) is 1. The first-order valence-corrected chi connectivity index (χ1v) is 0. The molecule has 0 aliphatic heterocycles. The van der Waals surface area contributed by atoms with Gasteiger partial charge in [0.05, 0.1) is 0 Å². The molecule has 4 heavy (non-hydrogen) atoms. The summed E-state index contributed by atoms with van der Waals surface area (Å²) in [5, 5.41) is 0. The van der Waals surface area contributed by atoms with Gasteiger partial charge in [-0.25, -0.2) is 0 Å². The minimum atomic E-state index is 0. The zero-order valence-corrected chi connectivity index (χ0v) is 1.21. The summed E-state index contributed by atoms with van der Waals surface area (Å²) in [6.45, 7) is 0. The molecule has 0 aromatic rings. The molecule has 0 bridgehead atoms.